The van der Waals surface area contributed by atoms with Crippen LogP contribution in [0.5, 0.6) is 17.2 Å². The summed E-state index contributed by atoms with van der Waals surface area (Å²) in [5, 5.41) is 9.71. The number of hydrogen-bond donors (Lipinski definition) is 0. The maximum Gasteiger partial charge on any atom is 0.146 e. The molecule has 0 N–H and O–H groups in total. The van der Waals surface area contributed by atoms with Crippen LogP contribution in [-0.4, -0.2) is 16.7 Å². The molecule has 0 spiro atoms. The Balaban J connectivity index is 0.00000225. The SMILES string of the molecule is COc1ccc(Oc2cc(Cn3ccnc3)ccc2C#N)c(Cl)c1.Cl. The number of ether oxygens (including phenoxy) is 2. The average molecular weight is 376 g/mol. The van der Waals surface area contributed by atoms with Crippen LogP contribution in [0.3, 0.4) is 0 Å². The second-order valence-corrected chi connectivity index (χ2v) is 5.48. The van der Waals surface area contributed by atoms with Crippen molar-refractivity contribution in [3.8, 4) is 23.3 Å². The quantitative estimate of drug-likeness (QED) is 0.649. The predicted molar refractivity (Wildman–Crippen MR) is 97.8 cm³/mol. The van der Waals surface area contributed by atoms with Gasteiger partial charge in [-0.05, 0) is 29.8 Å². The van der Waals surface area contributed by atoms with Crippen molar-refractivity contribution in [1.29, 1.82) is 5.26 Å². The molecule has 25 heavy (non-hydrogen) atoms. The summed E-state index contributed by atoms with van der Waals surface area (Å²) in [5.74, 6) is 1.57. The number of nitriles is 1. The monoisotopic (exact) mass is 375 g/mol. The third kappa shape index (κ3) is 4.44. The Bertz CT molecular complexity index is 890. The van der Waals surface area contributed by atoms with E-state index in [2.05, 4.69) is 11.1 Å². The fraction of sp³-hybridized carbons (Fsp3) is 0.111. The fourth-order valence-corrected chi connectivity index (χ4v) is 2.45. The van der Waals surface area contributed by atoms with Crippen molar-refractivity contribution in [2.75, 3.05) is 7.11 Å². The standard InChI is InChI=1S/C18H14ClN3O2.ClH/c1-23-15-4-5-17(16(19)9-15)24-18-8-13(2-3-14(18)10-20)11-22-7-6-21-12-22;/h2-9,12H,11H2,1H3;1H. The van der Waals surface area contributed by atoms with Gasteiger partial charge in [-0.25, -0.2) is 4.98 Å². The van der Waals surface area contributed by atoms with Crippen molar-refractivity contribution in [2.45, 2.75) is 6.54 Å². The van der Waals surface area contributed by atoms with Crippen molar-refractivity contribution in [2.24, 2.45) is 0 Å². The Labute approximate surface area is 156 Å². The third-order valence-electron chi connectivity index (χ3n) is 3.45. The van der Waals surface area contributed by atoms with Gasteiger partial charge in [-0.3, -0.25) is 0 Å². The zero-order valence-electron chi connectivity index (χ0n) is 13.3. The summed E-state index contributed by atoms with van der Waals surface area (Å²) in [7, 11) is 1.57. The van der Waals surface area contributed by atoms with Gasteiger partial charge in [-0.1, -0.05) is 17.7 Å². The van der Waals surface area contributed by atoms with E-state index in [0.29, 0.717) is 34.4 Å². The highest BCUT2D eigenvalue weighted by Crippen LogP contribution is 2.34. The molecular formula is C18H15Cl2N3O2. The summed E-state index contributed by atoms with van der Waals surface area (Å²) in [6, 6.07) is 12.7. The van der Waals surface area contributed by atoms with E-state index in [9.17, 15) is 5.26 Å². The zero-order valence-corrected chi connectivity index (χ0v) is 14.9. The van der Waals surface area contributed by atoms with Crippen LogP contribution in [0.4, 0.5) is 0 Å². The van der Waals surface area contributed by atoms with Crippen LogP contribution in [0.25, 0.3) is 0 Å². The van der Waals surface area contributed by atoms with Crippen LogP contribution in [0, 0.1) is 11.3 Å². The van der Waals surface area contributed by atoms with Crippen LogP contribution in [0.15, 0.2) is 55.1 Å². The van der Waals surface area contributed by atoms with Crippen molar-refractivity contribution in [1.82, 2.24) is 9.55 Å². The Morgan fingerprint density at radius 1 is 1.20 bits per heavy atom. The van der Waals surface area contributed by atoms with E-state index in [0.717, 1.165) is 5.56 Å². The molecular weight excluding hydrogens is 361 g/mol. The van der Waals surface area contributed by atoms with Crippen molar-refractivity contribution < 1.29 is 9.47 Å². The topological polar surface area (TPSA) is 60.1 Å². The van der Waals surface area contributed by atoms with Gasteiger partial charge in [0.25, 0.3) is 0 Å². The lowest BCUT2D eigenvalue weighted by Gasteiger charge is -2.12. The molecule has 0 aliphatic heterocycles. The number of nitrogens with zero attached hydrogens (tertiary/aromatic N) is 3. The minimum atomic E-state index is 0. The number of rotatable bonds is 5. The summed E-state index contributed by atoms with van der Waals surface area (Å²) in [4.78, 5) is 4.02. The lowest BCUT2D eigenvalue weighted by molar-refractivity contribution is 0.413. The number of hydrogen-bond acceptors (Lipinski definition) is 4. The summed E-state index contributed by atoms with van der Waals surface area (Å²) in [6.07, 6.45) is 5.33. The molecule has 0 aliphatic carbocycles. The molecule has 128 valence electrons. The van der Waals surface area contributed by atoms with E-state index in [1.165, 1.54) is 0 Å². The minimum Gasteiger partial charge on any atom is -0.497 e. The van der Waals surface area contributed by atoms with E-state index in [-0.39, 0.29) is 12.4 Å². The summed E-state index contributed by atoms with van der Waals surface area (Å²) < 4.78 is 12.9. The molecule has 0 amide bonds. The molecule has 5 nitrogen and oxygen atoms in total. The van der Waals surface area contributed by atoms with Gasteiger partial charge in [0.05, 0.1) is 24.0 Å². The third-order valence-corrected chi connectivity index (χ3v) is 3.75. The molecule has 3 aromatic rings. The average Bonchev–Trinajstić information content (AvgIpc) is 3.10. The molecule has 1 aromatic heterocycles. The Hall–Kier alpha value is -2.68. The van der Waals surface area contributed by atoms with E-state index in [1.54, 1.807) is 43.9 Å². The second kappa shape index (κ2) is 8.43. The number of benzene rings is 2. The first-order valence-electron chi connectivity index (χ1n) is 7.20. The number of halogens is 2. The van der Waals surface area contributed by atoms with E-state index in [4.69, 9.17) is 21.1 Å². The molecule has 0 radical (unpaired) electrons. The smallest absolute Gasteiger partial charge is 0.146 e. The molecule has 0 bridgehead atoms. The molecule has 3 rings (SSSR count). The van der Waals surface area contributed by atoms with Crippen LogP contribution >= 0.6 is 24.0 Å². The first-order valence-corrected chi connectivity index (χ1v) is 7.57. The first kappa shape index (κ1) is 18.7. The maximum absolute atomic E-state index is 9.30. The van der Waals surface area contributed by atoms with Crippen LogP contribution in [0.2, 0.25) is 5.02 Å². The van der Waals surface area contributed by atoms with Gasteiger partial charge in [0.1, 0.15) is 23.3 Å². The van der Waals surface area contributed by atoms with Gasteiger partial charge in [0.15, 0.2) is 0 Å². The van der Waals surface area contributed by atoms with E-state index < -0.39 is 0 Å². The molecule has 0 fully saturated rings. The van der Waals surface area contributed by atoms with E-state index in [1.807, 2.05) is 22.9 Å². The van der Waals surface area contributed by atoms with Gasteiger partial charge >= 0.3 is 0 Å². The Kier molecular flexibility index (Phi) is 6.29. The molecule has 0 saturated carbocycles. The lowest BCUT2D eigenvalue weighted by atomic mass is 10.1. The summed E-state index contributed by atoms with van der Waals surface area (Å²) in [5.41, 5.74) is 1.43. The maximum atomic E-state index is 9.30. The van der Waals surface area contributed by atoms with Gasteiger partial charge in [-0.15, -0.1) is 12.4 Å². The molecule has 2 aromatic carbocycles. The first-order chi connectivity index (χ1) is 11.7. The lowest BCUT2D eigenvalue weighted by Crippen LogP contribution is -1.98. The zero-order chi connectivity index (χ0) is 16.9. The molecule has 1 heterocycles. The number of aromatic nitrogens is 2. The fourth-order valence-electron chi connectivity index (χ4n) is 2.24. The number of imidazole rings is 1. The largest absolute Gasteiger partial charge is 0.497 e. The van der Waals surface area contributed by atoms with Crippen molar-refractivity contribution >= 4 is 24.0 Å². The molecule has 0 unspecified atom stereocenters. The molecule has 0 aliphatic rings. The van der Waals surface area contributed by atoms with Crippen LogP contribution in [-0.2, 0) is 6.54 Å². The van der Waals surface area contributed by atoms with Gasteiger partial charge in [-0.2, -0.15) is 5.26 Å². The minimum absolute atomic E-state index is 0. The van der Waals surface area contributed by atoms with Crippen molar-refractivity contribution in [3.05, 3.63) is 71.3 Å². The molecule has 0 atom stereocenters. The summed E-state index contributed by atoms with van der Waals surface area (Å²) in [6.45, 7) is 0.637. The van der Waals surface area contributed by atoms with Crippen molar-refractivity contribution in [3.63, 3.8) is 0 Å². The number of methoxy groups -OCH3 is 1. The Morgan fingerprint density at radius 2 is 2.04 bits per heavy atom. The van der Waals surface area contributed by atoms with Crippen LogP contribution in [0.1, 0.15) is 11.1 Å². The highest BCUT2D eigenvalue weighted by molar-refractivity contribution is 6.32. The van der Waals surface area contributed by atoms with Crippen LogP contribution < -0.4 is 9.47 Å². The highest BCUT2D eigenvalue weighted by Gasteiger charge is 2.10. The normalized spacial score (nSPS) is 9.80. The highest BCUT2D eigenvalue weighted by atomic mass is 35.5. The van der Waals surface area contributed by atoms with E-state index >= 15 is 0 Å². The van der Waals surface area contributed by atoms with Gasteiger partial charge in [0, 0.05) is 25.0 Å². The molecule has 7 heteroatoms. The predicted octanol–water partition coefficient (Wildman–Crippen LogP) is 4.68. The summed E-state index contributed by atoms with van der Waals surface area (Å²) >= 11 is 6.21. The second-order valence-electron chi connectivity index (χ2n) is 5.08. The molecule has 0 saturated heterocycles. The Morgan fingerprint density at radius 3 is 2.68 bits per heavy atom. The van der Waals surface area contributed by atoms with Gasteiger partial charge < -0.3 is 14.0 Å². The van der Waals surface area contributed by atoms with Gasteiger partial charge in [0.2, 0.25) is 0 Å².